The van der Waals surface area contributed by atoms with Crippen molar-refractivity contribution in [3.05, 3.63) is 101 Å². The summed E-state index contributed by atoms with van der Waals surface area (Å²) < 4.78 is 20.2. The van der Waals surface area contributed by atoms with Gasteiger partial charge in [-0.05, 0) is 41.8 Å². The van der Waals surface area contributed by atoms with Gasteiger partial charge in [-0.25, -0.2) is 13.5 Å². The van der Waals surface area contributed by atoms with E-state index in [1.807, 2.05) is 44.2 Å². The molecule has 0 spiro atoms. The SMILES string of the molecule is CC(C)SN(CC(=O)Nc1ccccc1C(=O)c1cccc(F)c1)C(=O)OCc1ccccc1. The number of nitrogens with zero attached hydrogens (tertiary/aromatic N) is 1. The highest BCUT2D eigenvalue weighted by Crippen LogP contribution is 2.22. The first kappa shape index (κ1) is 25.0. The molecular weight excluding hydrogens is 455 g/mol. The number of hydrogen-bond donors (Lipinski definition) is 1. The Kier molecular flexibility index (Phi) is 8.81. The van der Waals surface area contributed by atoms with Crippen molar-refractivity contribution < 1.29 is 23.5 Å². The minimum atomic E-state index is -0.637. The van der Waals surface area contributed by atoms with Crippen LogP contribution in [-0.2, 0) is 16.1 Å². The Balaban J connectivity index is 1.69. The van der Waals surface area contributed by atoms with Crippen LogP contribution >= 0.6 is 11.9 Å². The number of halogens is 1. The second kappa shape index (κ2) is 12.0. The predicted octanol–water partition coefficient (Wildman–Crippen LogP) is 5.69. The number of amides is 2. The number of carbonyl (C=O) groups is 3. The quantitative estimate of drug-likeness (QED) is 0.315. The maximum atomic E-state index is 13.6. The van der Waals surface area contributed by atoms with Gasteiger partial charge in [0.25, 0.3) is 0 Å². The maximum Gasteiger partial charge on any atom is 0.420 e. The number of carbonyl (C=O) groups excluding carboxylic acids is 3. The standard InChI is InChI=1S/C26H25FN2O4S/c1-18(2)34-29(26(32)33-17-19-9-4-3-5-10-19)16-24(30)28-23-14-7-6-13-22(23)25(31)20-11-8-12-21(27)15-20/h3-15,18H,16-17H2,1-2H3,(H,28,30). The van der Waals surface area contributed by atoms with Crippen molar-refractivity contribution in [3.8, 4) is 0 Å². The molecule has 0 aliphatic carbocycles. The first-order valence-corrected chi connectivity index (χ1v) is 11.5. The smallest absolute Gasteiger partial charge is 0.420 e. The molecule has 0 aromatic heterocycles. The molecule has 34 heavy (non-hydrogen) atoms. The highest BCUT2D eigenvalue weighted by Gasteiger charge is 2.22. The Bertz CT molecular complexity index is 1150. The molecule has 0 aliphatic rings. The number of nitrogens with one attached hydrogen (secondary N) is 1. The first-order chi connectivity index (χ1) is 16.3. The van der Waals surface area contributed by atoms with Crippen molar-refractivity contribution >= 4 is 35.4 Å². The lowest BCUT2D eigenvalue weighted by Crippen LogP contribution is -2.34. The van der Waals surface area contributed by atoms with Crippen LogP contribution in [0.5, 0.6) is 0 Å². The summed E-state index contributed by atoms with van der Waals surface area (Å²) in [6, 6.07) is 21.1. The van der Waals surface area contributed by atoms with Crippen LogP contribution in [-0.4, -0.2) is 33.9 Å². The van der Waals surface area contributed by atoms with Crippen molar-refractivity contribution in [2.75, 3.05) is 11.9 Å². The van der Waals surface area contributed by atoms with Gasteiger partial charge in [0.05, 0.1) is 5.69 Å². The monoisotopic (exact) mass is 480 g/mol. The molecule has 176 valence electrons. The van der Waals surface area contributed by atoms with E-state index in [1.54, 1.807) is 24.3 Å². The molecule has 0 atom stereocenters. The van der Waals surface area contributed by atoms with E-state index in [0.29, 0.717) is 0 Å². The van der Waals surface area contributed by atoms with E-state index in [4.69, 9.17) is 4.74 Å². The molecule has 3 rings (SSSR count). The van der Waals surface area contributed by atoms with Gasteiger partial charge in [0, 0.05) is 16.4 Å². The van der Waals surface area contributed by atoms with Gasteiger partial charge in [0.15, 0.2) is 5.78 Å². The summed E-state index contributed by atoms with van der Waals surface area (Å²) in [7, 11) is 0. The number of ketones is 1. The zero-order valence-corrected chi connectivity index (χ0v) is 19.7. The lowest BCUT2D eigenvalue weighted by molar-refractivity contribution is -0.116. The summed E-state index contributed by atoms with van der Waals surface area (Å²) in [5.41, 5.74) is 1.49. The largest absolute Gasteiger partial charge is 0.444 e. The third kappa shape index (κ3) is 7.18. The summed E-state index contributed by atoms with van der Waals surface area (Å²) in [6.45, 7) is 3.60. The molecule has 0 fully saturated rings. The molecule has 6 nitrogen and oxygen atoms in total. The molecule has 0 saturated heterocycles. The molecule has 3 aromatic carbocycles. The van der Waals surface area contributed by atoms with Crippen molar-refractivity contribution in [3.63, 3.8) is 0 Å². The Morgan fingerprint density at radius 2 is 1.68 bits per heavy atom. The van der Waals surface area contributed by atoms with Gasteiger partial charge in [0.2, 0.25) is 5.91 Å². The average Bonchev–Trinajstić information content (AvgIpc) is 2.82. The lowest BCUT2D eigenvalue weighted by Gasteiger charge is -2.22. The average molecular weight is 481 g/mol. The number of hydrogen-bond acceptors (Lipinski definition) is 5. The Labute approximate surface area is 202 Å². The Morgan fingerprint density at radius 1 is 0.971 bits per heavy atom. The van der Waals surface area contributed by atoms with Gasteiger partial charge in [-0.1, -0.05) is 68.4 Å². The Hall–Kier alpha value is -3.65. The summed E-state index contributed by atoms with van der Waals surface area (Å²) in [6.07, 6.45) is -0.637. The zero-order valence-electron chi connectivity index (χ0n) is 18.9. The fourth-order valence-electron chi connectivity index (χ4n) is 3.09. The van der Waals surface area contributed by atoms with Crippen LogP contribution in [0, 0.1) is 5.82 Å². The molecule has 1 N–H and O–H groups in total. The van der Waals surface area contributed by atoms with Crippen molar-refractivity contribution in [1.82, 2.24) is 4.31 Å². The van der Waals surface area contributed by atoms with Gasteiger partial charge in [-0.2, -0.15) is 0 Å². The molecule has 0 unspecified atom stereocenters. The first-order valence-electron chi connectivity index (χ1n) is 10.7. The molecule has 0 saturated carbocycles. The normalized spacial score (nSPS) is 10.6. The van der Waals surface area contributed by atoms with Crippen LogP contribution in [0.1, 0.15) is 35.3 Å². The van der Waals surface area contributed by atoms with Crippen molar-refractivity contribution in [1.29, 1.82) is 0 Å². The van der Waals surface area contributed by atoms with Crippen LogP contribution in [0.4, 0.5) is 14.9 Å². The maximum absolute atomic E-state index is 13.6. The highest BCUT2D eigenvalue weighted by atomic mass is 32.2. The fourth-order valence-corrected chi connectivity index (χ4v) is 3.93. The minimum Gasteiger partial charge on any atom is -0.444 e. The second-order valence-corrected chi connectivity index (χ2v) is 9.26. The zero-order chi connectivity index (χ0) is 24.5. The molecule has 0 aliphatic heterocycles. The van der Waals surface area contributed by atoms with E-state index in [-0.39, 0.29) is 35.2 Å². The summed E-state index contributed by atoms with van der Waals surface area (Å²) in [5.74, 6) is -1.45. The number of ether oxygens (including phenoxy) is 1. The molecule has 0 heterocycles. The number of para-hydroxylation sites is 1. The van der Waals surface area contributed by atoms with Crippen LogP contribution in [0.2, 0.25) is 0 Å². The predicted molar refractivity (Wildman–Crippen MR) is 131 cm³/mol. The van der Waals surface area contributed by atoms with Gasteiger partial charge in [-0.15, -0.1) is 0 Å². The number of benzene rings is 3. The molecule has 3 aromatic rings. The molecule has 2 amide bonds. The molecule has 0 bridgehead atoms. The van der Waals surface area contributed by atoms with Gasteiger partial charge >= 0.3 is 6.09 Å². The van der Waals surface area contributed by atoms with Gasteiger partial charge in [0.1, 0.15) is 19.0 Å². The topological polar surface area (TPSA) is 75.7 Å². The van der Waals surface area contributed by atoms with Gasteiger partial charge in [-0.3, -0.25) is 9.59 Å². The summed E-state index contributed by atoms with van der Waals surface area (Å²) >= 11 is 1.18. The van der Waals surface area contributed by atoms with Crippen LogP contribution in [0.15, 0.2) is 78.9 Å². The minimum absolute atomic E-state index is 0.0268. The van der Waals surface area contributed by atoms with E-state index in [2.05, 4.69) is 5.32 Å². The van der Waals surface area contributed by atoms with Crippen LogP contribution in [0.25, 0.3) is 0 Å². The lowest BCUT2D eigenvalue weighted by atomic mass is 10.0. The van der Waals surface area contributed by atoms with Crippen LogP contribution < -0.4 is 5.32 Å². The van der Waals surface area contributed by atoms with E-state index >= 15 is 0 Å². The third-order valence-corrected chi connectivity index (χ3v) is 5.52. The van der Waals surface area contributed by atoms with E-state index in [1.165, 1.54) is 34.5 Å². The second-order valence-electron chi connectivity index (χ2n) is 7.66. The third-order valence-electron chi connectivity index (χ3n) is 4.57. The fraction of sp³-hybridized carbons (Fsp3) is 0.192. The van der Waals surface area contributed by atoms with Gasteiger partial charge < -0.3 is 10.1 Å². The number of anilines is 1. The van der Waals surface area contributed by atoms with E-state index in [0.717, 1.165) is 11.6 Å². The molecule has 0 radical (unpaired) electrons. The van der Waals surface area contributed by atoms with E-state index in [9.17, 15) is 18.8 Å². The van der Waals surface area contributed by atoms with E-state index < -0.39 is 23.6 Å². The molecular formula is C26H25FN2O4S. The van der Waals surface area contributed by atoms with Crippen LogP contribution in [0.3, 0.4) is 0 Å². The summed E-state index contributed by atoms with van der Waals surface area (Å²) in [5, 5.41) is 2.72. The van der Waals surface area contributed by atoms with Crippen molar-refractivity contribution in [2.45, 2.75) is 25.7 Å². The van der Waals surface area contributed by atoms with Crippen molar-refractivity contribution in [2.24, 2.45) is 0 Å². The Morgan fingerprint density at radius 3 is 2.38 bits per heavy atom. The highest BCUT2D eigenvalue weighted by molar-refractivity contribution is 7.98. The molecule has 8 heteroatoms. The number of rotatable bonds is 9. The summed E-state index contributed by atoms with van der Waals surface area (Å²) in [4.78, 5) is 38.3.